The van der Waals surface area contributed by atoms with E-state index in [4.69, 9.17) is 10.00 Å². The summed E-state index contributed by atoms with van der Waals surface area (Å²) in [7, 11) is -2.76. The van der Waals surface area contributed by atoms with Gasteiger partial charge < -0.3 is 5.11 Å². The van der Waals surface area contributed by atoms with Gasteiger partial charge in [-0.3, -0.25) is 0 Å². The predicted octanol–water partition coefficient (Wildman–Crippen LogP) is -0.265. The summed E-state index contributed by atoms with van der Waals surface area (Å²) < 4.78 is 13.3. The molecule has 1 unspecified atom stereocenters. The molecule has 7 heteroatoms. The van der Waals surface area contributed by atoms with Crippen molar-refractivity contribution >= 4 is 14.2 Å². The molecular weight excluding hydrogens is 226 g/mol. The molecule has 0 aliphatic rings. The van der Waals surface area contributed by atoms with Crippen LogP contribution in [-0.4, -0.2) is 22.6 Å². The van der Waals surface area contributed by atoms with Gasteiger partial charge in [0, 0.05) is 30.8 Å². The van der Waals surface area contributed by atoms with Crippen LogP contribution in [0.2, 0.25) is 0 Å². The van der Waals surface area contributed by atoms with Crippen LogP contribution >= 0.6 is 8.25 Å². The van der Waals surface area contributed by atoms with Crippen LogP contribution in [0, 0.1) is 0 Å². The molecular formula is C2H4O5PZr+. The van der Waals surface area contributed by atoms with E-state index in [9.17, 15) is 9.36 Å². The first-order valence-corrected chi connectivity index (χ1v) is 2.77. The molecule has 0 radical (unpaired) electrons. The fraction of sp³-hybridized carbons (Fsp3) is 0.500. The van der Waals surface area contributed by atoms with Gasteiger partial charge in [-0.1, -0.05) is 0 Å². The number of rotatable bonds is 3. The molecule has 0 saturated heterocycles. The molecule has 0 bridgehead atoms. The SMILES string of the molecule is O=C(O)CO[P+](=O)O.[Zr]. The first kappa shape index (κ1) is 12.1. The molecule has 0 rings (SSSR count). The van der Waals surface area contributed by atoms with E-state index in [-0.39, 0.29) is 26.2 Å². The quantitative estimate of drug-likeness (QED) is 0.652. The maximum Gasteiger partial charge on any atom is 0.695 e. The van der Waals surface area contributed by atoms with Gasteiger partial charge in [0.2, 0.25) is 6.61 Å². The molecule has 0 aromatic rings. The van der Waals surface area contributed by atoms with Gasteiger partial charge in [0.15, 0.2) is 0 Å². The minimum atomic E-state index is -2.76. The van der Waals surface area contributed by atoms with Crippen LogP contribution in [0.15, 0.2) is 0 Å². The van der Waals surface area contributed by atoms with E-state index in [1.54, 1.807) is 0 Å². The maximum absolute atomic E-state index is 9.57. The van der Waals surface area contributed by atoms with Crippen LogP contribution in [-0.2, 0) is 40.1 Å². The van der Waals surface area contributed by atoms with Crippen LogP contribution in [0.1, 0.15) is 0 Å². The Morgan fingerprint density at radius 2 is 2.11 bits per heavy atom. The van der Waals surface area contributed by atoms with E-state index < -0.39 is 20.8 Å². The van der Waals surface area contributed by atoms with Crippen LogP contribution in [0.5, 0.6) is 0 Å². The van der Waals surface area contributed by atoms with E-state index in [1.165, 1.54) is 0 Å². The second-order valence-corrected chi connectivity index (χ2v) is 1.64. The summed E-state index contributed by atoms with van der Waals surface area (Å²) in [5, 5.41) is 7.80. The summed E-state index contributed by atoms with van der Waals surface area (Å²) in [5.74, 6) is -1.26. The number of carboxylic acid groups (broad SMARTS) is 1. The molecule has 0 aliphatic heterocycles. The molecule has 2 N–H and O–H groups in total. The molecule has 0 amide bonds. The summed E-state index contributed by atoms with van der Waals surface area (Å²) in [4.78, 5) is 17.4. The van der Waals surface area contributed by atoms with Gasteiger partial charge in [-0.05, 0) is 0 Å². The van der Waals surface area contributed by atoms with Crippen molar-refractivity contribution in [3.05, 3.63) is 0 Å². The zero-order valence-corrected chi connectivity index (χ0v) is 7.63. The van der Waals surface area contributed by atoms with Gasteiger partial charge in [-0.15, -0.1) is 9.42 Å². The van der Waals surface area contributed by atoms with Crippen LogP contribution in [0.4, 0.5) is 0 Å². The Bertz CT molecular complexity index is 99.5. The van der Waals surface area contributed by atoms with E-state index in [0.717, 1.165) is 0 Å². The normalized spacial score (nSPS) is 9.67. The summed E-state index contributed by atoms with van der Waals surface area (Å²) in [6.45, 7) is -0.730. The molecule has 9 heavy (non-hydrogen) atoms. The van der Waals surface area contributed by atoms with E-state index in [0.29, 0.717) is 0 Å². The van der Waals surface area contributed by atoms with Crippen molar-refractivity contribution < 1.29 is 50.1 Å². The van der Waals surface area contributed by atoms with E-state index >= 15 is 0 Å². The van der Waals surface area contributed by atoms with Crippen LogP contribution < -0.4 is 0 Å². The van der Waals surface area contributed by atoms with Gasteiger partial charge in [0.05, 0.1) is 0 Å². The van der Waals surface area contributed by atoms with Crippen molar-refractivity contribution in [2.45, 2.75) is 0 Å². The molecule has 0 aliphatic carbocycles. The Labute approximate surface area is 71.1 Å². The fourth-order valence-corrected chi connectivity index (χ4v) is 0.331. The van der Waals surface area contributed by atoms with Crippen molar-refractivity contribution in [2.24, 2.45) is 0 Å². The summed E-state index contributed by atoms with van der Waals surface area (Å²) in [6.07, 6.45) is 0. The van der Waals surface area contributed by atoms with Gasteiger partial charge in [0.25, 0.3) is 0 Å². The Kier molecular flexibility index (Phi) is 8.72. The number of aliphatic carboxylic acids is 1. The third-order valence-electron chi connectivity index (χ3n) is 0.298. The molecule has 0 fully saturated rings. The van der Waals surface area contributed by atoms with Crippen molar-refractivity contribution in [3.8, 4) is 0 Å². The second kappa shape index (κ2) is 6.49. The van der Waals surface area contributed by atoms with Crippen LogP contribution in [0.3, 0.4) is 0 Å². The van der Waals surface area contributed by atoms with Crippen LogP contribution in [0.25, 0.3) is 0 Å². The molecule has 0 spiro atoms. The summed E-state index contributed by atoms with van der Waals surface area (Å²) in [6, 6.07) is 0. The standard InChI is InChI=1S/C2H3O5P.Zr/c3-2(4)1-7-8(5)6;/h1H2,(H-,3,4,5,6);/p+1. The molecule has 0 aromatic heterocycles. The minimum absolute atomic E-state index is 0. The van der Waals surface area contributed by atoms with Gasteiger partial charge in [0.1, 0.15) is 0 Å². The number of hydrogen-bond acceptors (Lipinski definition) is 3. The van der Waals surface area contributed by atoms with Gasteiger partial charge >= 0.3 is 14.2 Å². The Morgan fingerprint density at radius 3 is 2.22 bits per heavy atom. The summed E-state index contributed by atoms with van der Waals surface area (Å²) in [5.41, 5.74) is 0. The molecule has 5 nitrogen and oxygen atoms in total. The van der Waals surface area contributed by atoms with Crippen molar-refractivity contribution in [1.29, 1.82) is 0 Å². The smallest absolute Gasteiger partial charge is 0.479 e. The molecule has 0 heterocycles. The predicted molar refractivity (Wildman–Crippen MR) is 23.4 cm³/mol. The number of carbonyl (C=O) groups is 1. The zero-order chi connectivity index (χ0) is 6.57. The molecule has 0 aromatic carbocycles. The topological polar surface area (TPSA) is 83.8 Å². The first-order chi connectivity index (χ1) is 3.63. The Morgan fingerprint density at radius 1 is 1.67 bits per heavy atom. The molecule has 50 valence electrons. The molecule has 1 atom stereocenters. The zero-order valence-electron chi connectivity index (χ0n) is 4.27. The third kappa shape index (κ3) is 11.8. The average Bonchev–Trinajstić information content (AvgIpc) is 1.61. The number of carboxylic acids is 1. The van der Waals surface area contributed by atoms with Gasteiger partial charge in [-0.2, -0.15) is 0 Å². The van der Waals surface area contributed by atoms with Crippen molar-refractivity contribution in [2.75, 3.05) is 6.61 Å². The van der Waals surface area contributed by atoms with Gasteiger partial charge in [-0.25, -0.2) is 4.79 Å². The fourth-order valence-electron chi connectivity index (χ4n) is 0.110. The number of hydrogen-bond donors (Lipinski definition) is 2. The largest absolute Gasteiger partial charge is 0.695 e. The van der Waals surface area contributed by atoms with E-state index in [1.807, 2.05) is 0 Å². The molecule has 0 saturated carbocycles. The monoisotopic (exact) mass is 229 g/mol. The minimum Gasteiger partial charge on any atom is -0.479 e. The third-order valence-corrected chi connectivity index (χ3v) is 0.648. The Balaban J connectivity index is 0. The van der Waals surface area contributed by atoms with E-state index in [2.05, 4.69) is 4.52 Å². The second-order valence-electron chi connectivity index (χ2n) is 0.905. The van der Waals surface area contributed by atoms with Crippen molar-refractivity contribution in [3.63, 3.8) is 0 Å². The Hall–Kier alpha value is 0.373. The summed E-state index contributed by atoms with van der Waals surface area (Å²) >= 11 is 0. The maximum atomic E-state index is 9.57. The van der Waals surface area contributed by atoms with Crippen molar-refractivity contribution in [1.82, 2.24) is 0 Å². The average molecular weight is 230 g/mol. The first-order valence-electron chi connectivity index (χ1n) is 1.64.